The molecule has 0 aliphatic rings. The van der Waals surface area contributed by atoms with Crippen LogP contribution in [0.1, 0.15) is 22.4 Å². The summed E-state index contributed by atoms with van der Waals surface area (Å²) in [5, 5.41) is 23.1. The second kappa shape index (κ2) is 9.46. The summed E-state index contributed by atoms with van der Waals surface area (Å²) in [6, 6.07) is 27.4. The number of aromatic nitrogens is 5. The number of nitrogens with zero attached hydrogens (tertiary/aromatic N) is 5. The highest BCUT2D eigenvalue weighted by Gasteiger charge is 2.10. The SMILES string of the molecule is O=C(O)Cc1ccccc1Cn1nnc(-c2cccc(/C=C/c3ccc4ccccc4n3)c2)n1. The number of hydrogen-bond donors (Lipinski definition) is 1. The molecule has 0 unspecified atom stereocenters. The first kappa shape index (κ1) is 21.2. The average molecular weight is 447 g/mol. The highest BCUT2D eigenvalue weighted by Crippen LogP contribution is 2.19. The Morgan fingerprint density at radius 1 is 0.882 bits per heavy atom. The van der Waals surface area contributed by atoms with E-state index < -0.39 is 5.97 Å². The molecule has 2 heterocycles. The number of tetrazole rings is 1. The van der Waals surface area contributed by atoms with E-state index in [1.54, 1.807) is 0 Å². The number of benzene rings is 3. The summed E-state index contributed by atoms with van der Waals surface area (Å²) in [5.74, 6) is -0.363. The molecule has 0 saturated carbocycles. The first-order valence-corrected chi connectivity index (χ1v) is 10.8. The van der Waals surface area contributed by atoms with Crippen molar-refractivity contribution in [3.05, 3.63) is 107 Å². The van der Waals surface area contributed by atoms with Crippen LogP contribution in [0.25, 0.3) is 34.4 Å². The quantitative estimate of drug-likeness (QED) is 0.388. The van der Waals surface area contributed by atoms with E-state index in [4.69, 9.17) is 5.11 Å². The molecule has 0 atom stereocenters. The molecule has 0 bridgehead atoms. The van der Waals surface area contributed by atoms with Gasteiger partial charge in [0, 0.05) is 10.9 Å². The van der Waals surface area contributed by atoms with Crippen LogP contribution in [-0.4, -0.2) is 36.3 Å². The molecule has 0 spiro atoms. The minimum atomic E-state index is -0.872. The molecule has 3 aromatic carbocycles. The predicted octanol–water partition coefficient (Wildman–Crippen LogP) is 4.73. The van der Waals surface area contributed by atoms with Gasteiger partial charge in [-0.25, -0.2) is 4.98 Å². The summed E-state index contributed by atoms with van der Waals surface area (Å²) in [4.78, 5) is 17.3. The van der Waals surface area contributed by atoms with Crippen molar-refractivity contribution in [2.45, 2.75) is 13.0 Å². The molecule has 0 amide bonds. The fraction of sp³-hybridized carbons (Fsp3) is 0.0741. The molecule has 0 fully saturated rings. The summed E-state index contributed by atoms with van der Waals surface area (Å²) in [6.07, 6.45) is 3.95. The van der Waals surface area contributed by atoms with Gasteiger partial charge in [-0.2, -0.15) is 4.80 Å². The van der Waals surface area contributed by atoms with Crippen molar-refractivity contribution in [1.29, 1.82) is 0 Å². The first-order chi connectivity index (χ1) is 16.6. The first-order valence-electron chi connectivity index (χ1n) is 10.8. The molecule has 5 rings (SSSR count). The highest BCUT2D eigenvalue weighted by molar-refractivity contribution is 5.81. The van der Waals surface area contributed by atoms with Crippen molar-refractivity contribution >= 4 is 29.0 Å². The van der Waals surface area contributed by atoms with E-state index in [0.717, 1.165) is 38.9 Å². The smallest absolute Gasteiger partial charge is 0.307 e. The van der Waals surface area contributed by atoms with E-state index in [-0.39, 0.29) is 6.42 Å². The Morgan fingerprint density at radius 2 is 1.71 bits per heavy atom. The Bertz CT molecular complexity index is 1510. The maximum Gasteiger partial charge on any atom is 0.307 e. The molecular weight excluding hydrogens is 426 g/mol. The molecule has 2 aromatic heterocycles. The summed E-state index contributed by atoms with van der Waals surface area (Å²) in [6.45, 7) is 0.351. The predicted molar refractivity (Wildman–Crippen MR) is 131 cm³/mol. The molecule has 166 valence electrons. The van der Waals surface area contributed by atoms with Gasteiger partial charge in [0.25, 0.3) is 0 Å². The van der Waals surface area contributed by atoms with Crippen molar-refractivity contribution < 1.29 is 9.90 Å². The fourth-order valence-electron chi connectivity index (χ4n) is 3.76. The van der Waals surface area contributed by atoms with Gasteiger partial charge in [-0.15, -0.1) is 10.2 Å². The van der Waals surface area contributed by atoms with Gasteiger partial charge in [-0.1, -0.05) is 72.8 Å². The lowest BCUT2D eigenvalue weighted by Gasteiger charge is -2.06. The van der Waals surface area contributed by atoms with Crippen LogP contribution in [0.5, 0.6) is 0 Å². The van der Waals surface area contributed by atoms with Crippen molar-refractivity contribution in [3.8, 4) is 11.4 Å². The topological polar surface area (TPSA) is 93.8 Å². The zero-order valence-electron chi connectivity index (χ0n) is 18.2. The summed E-state index contributed by atoms with van der Waals surface area (Å²) in [7, 11) is 0. The maximum atomic E-state index is 11.1. The lowest BCUT2D eigenvalue weighted by molar-refractivity contribution is -0.136. The highest BCUT2D eigenvalue weighted by atomic mass is 16.4. The molecule has 1 N–H and O–H groups in total. The number of pyridine rings is 1. The summed E-state index contributed by atoms with van der Waals surface area (Å²) in [5.41, 5.74) is 5.28. The maximum absolute atomic E-state index is 11.1. The zero-order chi connectivity index (χ0) is 23.3. The molecular formula is C27H21N5O2. The lowest BCUT2D eigenvalue weighted by Crippen LogP contribution is -2.09. The normalized spacial score (nSPS) is 11.3. The van der Waals surface area contributed by atoms with Crippen molar-refractivity contribution in [3.63, 3.8) is 0 Å². The number of carboxylic acids is 1. The van der Waals surface area contributed by atoms with E-state index in [1.165, 1.54) is 4.80 Å². The Balaban J connectivity index is 1.34. The molecule has 7 heteroatoms. The number of carboxylic acid groups (broad SMARTS) is 1. The Kier molecular flexibility index (Phi) is 5.90. The molecule has 0 aliphatic carbocycles. The minimum absolute atomic E-state index is 0.0435. The third kappa shape index (κ3) is 4.88. The number of fused-ring (bicyclic) bond motifs is 1. The van der Waals surface area contributed by atoms with Crippen LogP contribution in [-0.2, 0) is 17.8 Å². The molecule has 0 radical (unpaired) electrons. The lowest BCUT2D eigenvalue weighted by atomic mass is 10.1. The van der Waals surface area contributed by atoms with Crippen molar-refractivity contribution in [1.82, 2.24) is 25.2 Å². The number of hydrogen-bond acceptors (Lipinski definition) is 5. The van der Waals surface area contributed by atoms with E-state index in [1.807, 2.05) is 91.0 Å². The summed E-state index contributed by atoms with van der Waals surface area (Å²) >= 11 is 0. The van der Waals surface area contributed by atoms with Crippen LogP contribution in [0, 0.1) is 0 Å². The largest absolute Gasteiger partial charge is 0.481 e. The number of carbonyl (C=O) groups is 1. The second-order valence-electron chi connectivity index (χ2n) is 7.87. The monoisotopic (exact) mass is 447 g/mol. The van der Waals surface area contributed by atoms with Gasteiger partial charge < -0.3 is 5.11 Å². The van der Waals surface area contributed by atoms with Gasteiger partial charge in [-0.3, -0.25) is 4.79 Å². The van der Waals surface area contributed by atoms with Crippen LogP contribution < -0.4 is 0 Å². The molecule has 0 aliphatic heterocycles. The van der Waals surface area contributed by atoms with Crippen LogP contribution in [0.4, 0.5) is 0 Å². The van der Waals surface area contributed by atoms with Gasteiger partial charge in [0.1, 0.15) is 0 Å². The third-order valence-corrected chi connectivity index (χ3v) is 5.44. The standard InChI is InChI=1S/C27H21N5O2/c33-26(34)17-21-8-1-2-9-23(21)18-32-30-27(29-31-32)22-10-5-6-19(16-22)12-14-24-15-13-20-7-3-4-11-25(20)28-24/h1-16H,17-18H2,(H,33,34)/b14-12+. The van der Waals surface area contributed by atoms with Crippen molar-refractivity contribution in [2.75, 3.05) is 0 Å². The Hall–Kier alpha value is -4.65. The molecule has 0 saturated heterocycles. The number of aliphatic carboxylic acids is 1. The molecule has 34 heavy (non-hydrogen) atoms. The summed E-state index contributed by atoms with van der Waals surface area (Å²) < 4.78 is 0. The van der Waals surface area contributed by atoms with Gasteiger partial charge in [0.2, 0.25) is 5.82 Å². The fourth-order valence-corrected chi connectivity index (χ4v) is 3.76. The van der Waals surface area contributed by atoms with Crippen LogP contribution in [0.2, 0.25) is 0 Å². The minimum Gasteiger partial charge on any atom is -0.481 e. The third-order valence-electron chi connectivity index (χ3n) is 5.44. The molecule has 7 nitrogen and oxygen atoms in total. The number of rotatable bonds is 7. The van der Waals surface area contributed by atoms with E-state index in [9.17, 15) is 4.79 Å². The molecule has 5 aromatic rings. The Morgan fingerprint density at radius 3 is 2.59 bits per heavy atom. The average Bonchev–Trinajstić information content (AvgIpc) is 3.32. The number of para-hydroxylation sites is 1. The van der Waals surface area contributed by atoms with Crippen molar-refractivity contribution in [2.24, 2.45) is 0 Å². The van der Waals surface area contributed by atoms with Crippen LogP contribution in [0.3, 0.4) is 0 Å². The van der Waals surface area contributed by atoms with Crippen LogP contribution in [0.15, 0.2) is 84.9 Å². The van der Waals surface area contributed by atoms with Crippen LogP contribution >= 0.6 is 0 Å². The Labute approximate surface area is 196 Å². The second-order valence-corrected chi connectivity index (χ2v) is 7.87. The van der Waals surface area contributed by atoms with Gasteiger partial charge in [0.15, 0.2) is 0 Å². The van der Waals surface area contributed by atoms with E-state index >= 15 is 0 Å². The van der Waals surface area contributed by atoms with Gasteiger partial charge in [0.05, 0.1) is 24.2 Å². The van der Waals surface area contributed by atoms with E-state index in [2.05, 4.69) is 26.5 Å². The zero-order valence-corrected chi connectivity index (χ0v) is 18.2. The van der Waals surface area contributed by atoms with Gasteiger partial charge in [-0.05, 0) is 46.2 Å². The van der Waals surface area contributed by atoms with E-state index in [0.29, 0.717) is 12.4 Å². The van der Waals surface area contributed by atoms with Gasteiger partial charge >= 0.3 is 5.97 Å².